The zero-order valence-electron chi connectivity index (χ0n) is 22.5. The summed E-state index contributed by atoms with van der Waals surface area (Å²) >= 11 is 0. The van der Waals surface area contributed by atoms with Gasteiger partial charge in [-0.05, 0) is 61.8 Å². The second kappa shape index (κ2) is 10.4. The van der Waals surface area contributed by atoms with Gasteiger partial charge in [-0.25, -0.2) is 9.78 Å². The molecule has 1 aromatic heterocycles. The molecule has 1 aliphatic rings. The number of likely N-dealkylation sites (tertiary alicyclic amines) is 1. The minimum Gasteiger partial charge on any atom is -0.444 e. The largest absolute Gasteiger partial charge is 0.534 e. The standard InChI is InChI=1S/C29H28F3N3O5S/c1-28(2,3)39-27(36)35-16-6-10-24(35)26-33-17-23(34-26)19-14-12-18(13-15-19)20-7-4-9-22-21(20)8-5-11-25(22)40-41(37,38)29(30,31)32/h4-5,7-9,11-15,17,24H,6,10,16H2,1-3H3,(H,33,34). The molecule has 5 rings (SSSR count). The molecule has 0 aliphatic carbocycles. The third-order valence-electron chi connectivity index (χ3n) is 6.66. The molecule has 0 bridgehead atoms. The number of aromatic amines is 1. The molecule has 1 atom stereocenters. The van der Waals surface area contributed by atoms with Crippen LogP contribution in [0.15, 0.2) is 66.9 Å². The Labute approximate surface area is 235 Å². The summed E-state index contributed by atoms with van der Waals surface area (Å²) in [5.41, 5.74) is -3.08. The molecule has 216 valence electrons. The lowest BCUT2D eigenvalue weighted by molar-refractivity contribution is -0.0499. The maximum atomic E-state index is 12.9. The molecule has 1 fully saturated rings. The van der Waals surface area contributed by atoms with Crippen LogP contribution in [0.2, 0.25) is 0 Å². The number of fused-ring (bicyclic) bond motifs is 1. The SMILES string of the molecule is CC(C)(C)OC(=O)N1CCCC1c1ncc(-c2ccc(-c3cccc4c(OS(=O)(=O)C(F)(F)F)cccc34)cc2)[nH]1. The van der Waals surface area contributed by atoms with Crippen molar-refractivity contribution in [3.05, 3.63) is 72.7 Å². The van der Waals surface area contributed by atoms with Crippen molar-refractivity contribution in [2.45, 2.75) is 50.8 Å². The molecular formula is C29H28F3N3O5S. The van der Waals surface area contributed by atoms with E-state index in [9.17, 15) is 26.4 Å². The number of rotatable bonds is 5. The van der Waals surface area contributed by atoms with Gasteiger partial charge in [0, 0.05) is 11.9 Å². The molecule has 1 N–H and O–H groups in total. The van der Waals surface area contributed by atoms with E-state index in [1.54, 1.807) is 29.3 Å². The number of amides is 1. The fraction of sp³-hybridized carbons (Fsp3) is 0.310. The summed E-state index contributed by atoms with van der Waals surface area (Å²) in [4.78, 5) is 22.2. The number of imidazole rings is 1. The monoisotopic (exact) mass is 587 g/mol. The van der Waals surface area contributed by atoms with Crippen molar-refractivity contribution in [3.8, 4) is 28.1 Å². The normalized spacial score (nSPS) is 16.2. The van der Waals surface area contributed by atoms with E-state index in [1.165, 1.54) is 18.2 Å². The van der Waals surface area contributed by atoms with E-state index in [0.29, 0.717) is 23.3 Å². The number of ether oxygens (including phenoxy) is 1. The number of hydrogen-bond donors (Lipinski definition) is 1. The van der Waals surface area contributed by atoms with Gasteiger partial charge in [0.25, 0.3) is 0 Å². The third-order valence-corrected chi connectivity index (χ3v) is 7.63. The Morgan fingerprint density at radius 1 is 0.976 bits per heavy atom. The van der Waals surface area contributed by atoms with Crippen molar-refractivity contribution in [3.63, 3.8) is 0 Å². The predicted octanol–water partition coefficient (Wildman–Crippen LogP) is 7.20. The highest BCUT2D eigenvalue weighted by Gasteiger charge is 2.48. The van der Waals surface area contributed by atoms with Crippen LogP contribution in [0, 0.1) is 0 Å². The van der Waals surface area contributed by atoms with Crippen LogP contribution in [0.5, 0.6) is 5.75 Å². The molecule has 12 heteroatoms. The van der Waals surface area contributed by atoms with Gasteiger partial charge in [-0.3, -0.25) is 4.90 Å². The number of nitrogens with one attached hydrogen (secondary N) is 1. The lowest BCUT2D eigenvalue weighted by atomic mass is 9.97. The maximum absolute atomic E-state index is 12.9. The first-order valence-electron chi connectivity index (χ1n) is 12.9. The number of halogens is 3. The van der Waals surface area contributed by atoms with E-state index in [4.69, 9.17) is 4.74 Å². The molecule has 0 radical (unpaired) electrons. The molecule has 3 aromatic carbocycles. The number of aromatic nitrogens is 2. The lowest BCUT2D eigenvalue weighted by Crippen LogP contribution is -2.36. The Bertz CT molecular complexity index is 1690. The average Bonchev–Trinajstić information content (AvgIpc) is 3.57. The van der Waals surface area contributed by atoms with Crippen LogP contribution in [0.25, 0.3) is 33.2 Å². The molecule has 4 aromatic rings. The van der Waals surface area contributed by atoms with Gasteiger partial charge < -0.3 is 13.9 Å². The van der Waals surface area contributed by atoms with Gasteiger partial charge in [-0.15, -0.1) is 0 Å². The van der Waals surface area contributed by atoms with Gasteiger partial charge in [0.2, 0.25) is 0 Å². The number of hydrogen-bond acceptors (Lipinski definition) is 6. The molecule has 2 heterocycles. The minimum absolute atomic E-state index is 0.217. The molecule has 0 saturated carbocycles. The first kappa shape index (κ1) is 28.5. The zero-order valence-corrected chi connectivity index (χ0v) is 23.3. The molecule has 1 aliphatic heterocycles. The number of benzene rings is 3. The molecular weight excluding hydrogens is 559 g/mol. The Balaban J connectivity index is 1.39. The van der Waals surface area contributed by atoms with Crippen molar-refractivity contribution in [2.75, 3.05) is 6.54 Å². The molecule has 41 heavy (non-hydrogen) atoms. The second-order valence-corrected chi connectivity index (χ2v) is 12.3. The highest BCUT2D eigenvalue weighted by atomic mass is 32.2. The van der Waals surface area contributed by atoms with Gasteiger partial charge in [-0.2, -0.15) is 21.6 Å². The number of carbonyl (C=O) groups excluding carboxylic acids is 1. The Kier molecular flexibility index (Phi) is 7.22. The fourth-order valence-electron chi connectivity index (χ4n) is 4.84. The molecule has 1 unspecified atom stereocenters. The predicted molar refractivity (Wildman–Crippen MR) is 147 cm³/mol. The van der Waals surface area contributed by atoms with E-state index in [0.717, 1.165) is 29.7 Å². The van der Waals surface area contributed by atoms with Crippen LogP contribution in [0.1, 0.15) is 45.5 Å². The van der Waals surface area contributed by atoms with Crippen molar-refractivity contribution in [1.29, 1.82) is 0 Å². The number of alkyl halides is 3. The first-order valence-corrected chi connectivity index (χ1v) is 14.3. The van der Waals surface area contributed by atoms with Gasteiger partial charge >= 0.3 is 21.7 Å². The maximum Gasteiger partial charge on any atom is 0.534 e. The van der Waals surface area contributed by atoms with Crippen molar-refractivity contribution in [2.24, 2.45) is 0 Å². The quantitative estimate of drug-likeness (QED) is 0.196. The highest BCUT2D eigenvalue weighted by Crippen LogP contribution is 2.37. The summed E-state index contributed by atoms with van der Waals surface area (Å²) in [6, 6.07) is 16.5. The van der Waals surface area contributed by atoms with E-state index in [-0.39, 0.29) is 17.5 Å². The molecule has 1 amide bonds. The third kappa shape index (κ3) is 5.88. The van der Waals surface area contributed by atoms with Crippen LogP contribution in [0.3, 0.4) is 0 Å². The smallest absolute Gasteiger partial charge is 0.444 e. The Morgan fingerprint density at radius 3 is 2.32 bits per heavy atom. The molecule has 8 nitrogen and oxygen atoms in total. The molecule has 1 saturated heterocycles. The van der Waals surface area contributed by atoms with Gasteiger partial charge in [0.1, 0.15) is 11.4 Å². The van der Waals surface area contributed by atoms with Crippen molar-refractivity contribution in [1.82, 2.24) is 14.9 Å². The molecule has 0 spiro atoms. The van der Waals surface area contributed by atoms with Crippen LogP contribution in [-0.4, -0.2) is 47.0 Å². The van der Waals surface area contributed by atoms with Crippen LogP contribution in [-0.2, 0) is 14.9 Å². The Hall–Kier alpha value is -4.06. The van der Waals surface area contributed by atoms with Gasteiger partial charge in [0.05, 0.1) is 17.9 Å². The number of carbonyl (C=O) groups is 1. The second-order valence-electron chi connectivity index (χ2n) is 10.7. The van der Waals surface area contributed by atoms with Gasteiger partial charge in [-0.1, -0.05) is 54.6 Å². The van der Waals surface area contributed by atoms with Crippen molar-refractivity contribution < 1.29 is 35.3 Å². The summed E-state index contributed by atoms with van der Waals surface area (Å²) in [6.45, 7) is 6.07. The lowest BCUT2D eigenvalue weighted by Gasteiger charge is -2.27. The van der Waals surface area contributed by atoms with Gasteiger partial charge in [0.15, 0.2) is 5.75 Å². The number of nitrogens with zero attached hydrogens (tertiary/aromatic N) is 2. The first-order chi connectivity index (χ1) is 19.2. The summed E-state index contributed by atoms with van der Waals surface area (Å²) in [5, 5.41) is 0.758. The Morgan fingerprint density at radius 2 is 1.63 bits per heavy atom. The van der Waals surface area contributed by atoms with Crippen molar-refractivity contribution >= 4 is 27.0 Å². The minimum atomic E-state index is -5.81. The van der Waals surface area contributed by atoms with Crippen LogP contribution in [0.4, 0.5) is 18.0 Å². The highest BCUT2D eigenvalue weighted by molar-refractivity contribution is 7.88. The van der Waals surface area contributed by atoms with E-state index >= 15 is 0 Å². The summed E-state index contributed by atoms with van der Waals surface area (Å²) < 4.78 is 71.9. The topological polar surface area (TPSA) is 102 Å². The van der Waals surface area contributed by atoms with Crippen LogP contribution < -0.4 is 4.18 Å². The fourth-order valence-corrected chi connectivity index (χ4v) is 5.32. The van der Waals surface area contributed by atoms with E-state index in [2.05, 4.69) is 14.2 Å². The van der Waals surface area contributed by atoms with E-state index in [1.807, 2.05) is 45.0 Å². The van der Waals surface area contributed by atoms with Crippen LogP contribution >= 0.6 is 0 Å². The zero-order chi connectivity index (χ0) is 29.6. The average molecular weight is 588 g/mol. The summed E-state index contributed by atoms with van der Waals surface area (Å²) in [7, 11) is -5.81. The number of H-pyrrole nitrogens is 1. The summed E-state index contributed by atoms with van der Waals surface area (Å²) in [6.07, 6.45) is 2.94. The summed E-state index contributed by atoms with van der Waals surface area (Å²) in [5.74, 6) is 0.262. The van der Waals surface area contributed by atoms with E-state index < -0.39 is 27.0 Å².